The van der Waals surface area contributed by atoms with Crippen molar-refractivity contribution >= 4 is 26.8 Å². The van der Waals surface area contributed by atoms with Gasteiger partial charge in [-0.15, -0.1) is 0 Å². The number of nitrogens with one attached hydrogen (secondary N) is 1. The number of imidazole rings is 1. The van der Waals surface area contributed by atoms with Crippen LogP contribution in [0.25, 0.3) is 16.7 Å². The van der Waals surface area contributed by atoms with Crippen molar-refractivity contribution in [2.45, 2.75) is 45.4 Å². The first-order valence-electron chi connectivity index (χ1n) is 10.7. The van der Waals surface area contributed by atoms with Crippen LogP contribution in [-0.4, -0.2) is 47.1 Å². The van der Waals surface area contributed by atoms with E-state index in [4.69, 9.17) is 0 Å². The summed E-state index contributed by atoms with van der Waals surface area (Å²) in [5.74, 6) is -0.629. The molecule has 34 heavy (non-hydrogen) atoms. The summed E-state index contributed by atoms with van der Waals surface area (Å²) in [6, 6.07) is 10.3. The Morgan fingerprint density at radius 2 is 1.88 bits per heavy atom. The van der Waals surface area contributed by atoms with Crippen LogP contribution in [0.4, 0.5) is 8.78 Å². The highest BCUT2D eigenvalue weighted by molar-refractivity contribution is 7.91. The average Bonchev–Trinajstić information content (AvgIpc) is 3.18. The van der Waals surface area contributed by atoms with Crippen LogP contribution in [-0.2, 0) is 9.84 Å². The van der Waals surface area contributed by atoms with E-state index in [2.05, 4.69) is 10.1 Å². The number of hydrogen-bond acceptors (Lipinski definition) is 5. The van der Waals surface area contributed by atoms with Crippen LogP contribution in [0.2, 0.25) is 0 Å². The molecule has 1 amide bonds. The molecule has 1 aliphatic heterocycles. The zero-order valence-corrected chi connectivity index (χ0v) is 19.7. The summed E-state index contributed by atoms with van der Waals surface area (Å²) >= 11 is 0. The van der Waals surface area contributed by atoms with Crippen LogP contribution in [0.1, 0.15) is 43.6 Å². The zero-order valence-electron chi connectivity index (χ0n) is 18.9. The van der Waals surface area contributed by atoms with Crippen molar-refractivity contribution in [1.29, 1.82) is 0 Å². The van der Waals surface area contributed by atoms with Gasteiger partial charge in [-0.1, -0.05) is 6.07 Å². The Hall–Kier alpha value is -3.21. The number of sulfone groups is 1. The third kappa shape index (κ3) is 4.56. The Labute approximate surface area is 195 Å². The zero-order chi connectivity index (χ0) is 24.8. The molecule has 4 rings (SSSR count). The molecule has 1 aromatic heterocycles. The first kappa shape index (κ1) is 23.9. The van der Waals surface area contributed by atoms with E-state index >= 15 is 0 Å². The molecule has 0 radical (unpaired) electrons. The molecule has 11 heteroatoms. The van der Waals surface area contributed by atoms with Gasteiger partial charge in [-0.05, 0) is 57.5 Å². The van der Waals surface area contributed by atoms with Crippen LogP contribution in [0, 0.1) is 0 Å². The molecule has 8 nitrogen and oxygen atoms in total. The second kappa shape index (κ2) is 8.53. The molecule has 1 saturated heterocycles. The third-order valence-corrected chi connectivity index (χ3v) is 7.77. The SMILES string of the molecule is CC(C)n1c(=O)n(-c2cccc(OC(F)F)c2)c2ccc(C(=O)N[C@]3(C)CCS(=O)(=O)C3)cc21. The molecule has 2 aromatic carbocycles. The second-order valence-corrected chi connectivity index (χ2v) is 11.2. The quantitative estimate of drug-likeness (QED) is 0.568. The minimum absolute atomic E-state index is 0.0207. The Kier molecular flexibility index (Phi) is 6.01. The third-order valence-electron chi connectivity index (χ3n) is 5.87. The predicted octanol–water partition coefficient (Wildman–Crippen LogP) is 3.28. The van der Waals surface area contributed by atoms with Gasteiger partial charge in [0.25, 0.3) is 5.91 Å². The van der Waals surface area contributed by atoms with Gasteiger partial charge in [0.15, 0.2) is 9.84 Å². The predicted molar refractivity (Wildman–Crippen MR) is 124 cm³/mol. The van der Waals surface area contributed by atoms with Crippen molar-refractivity contribution < 1.29 is 26.7 Å². The second-order valence-electron chi connectivity index (χ2n) is 9.02. The van der Waals surface area contributed by atoms with E-state index in [1.165, 1.54) is 27.3 Å². The molecular weight excluding hydrogens is 468 g/mol. The van der Waals surface area contributed by atoms with E-state index in [-0.39, 0.29) is 28.9 Å². The van der Waals surface area contributed by atoms with Crippen LogP contribution in [0.15, 0.2) is 47.3 Å². The van der Waals surface area contributed by atoms with Crippen LogP contribution in [0.3, 0.4) is 0 Å². The lowest BCUT2D eigenvalue weighted by Crippen LogP contribution is -2.46. The van der Waals surface area contributed by atoms with Crippen LogP contribution in [0.5, 0.6) is 5.75 Å². The fraction of sp³-hybridized carbons (Fsp3) is 0.391. The first-order chi connectivity index (χ1) is 15.9. The number of ether oxygens (including phenoxy) is 1. The summed E-state index contributed by atoms with van der Waals surface area (Å²) in [7, 11) is -3.20. The number of amides is 1. The Bertz CT molecular complexity index is 1430. The number of aromatic nitrogens is 2. The largest absolute Gasteiger partial charge is 0.435 e. The monoisotopic (exact) mass is 493 g/mol. The van der Waals surface area contributed by atoms with Gasteiger partial charge in [0.05, 0.1) is 33.8 Å². The van der Waals surface area contributed by atoms with E-state index in [1.54, 1.807) is 31.2 Å². The number of fused-ring (bicyclic) bond motifs is 1. The minimum Gasteiger partial charge on any atom is -0.435 e. The molecule has 1 atom stereocenters. The summed E-state index contributed by atoms with van der Waals surface area (Å²) in [6.45, 7) is 2.34. The number of hydrogen-bond donors (Lipinski definition) is 1. The molecule has 0 bridgehead atoms. The fourth-order valence-electron chi connectivity index (χ4n) is 4.36. The van der Waals surface area contributed by atoms with E-state index in [0.29, 0.717) is 23.1 Å². The molecule has 1 aliphatic rings. The molecule has 3 aromatic rings. The van der Waals surface area contributed by atoms with Gasteiger partial charge in [-0.25, -0.2) is 13.2 Å². The molecule has 1 N–H and O–H groups in total. The maximum absolute atomic E-state index is 13.3. The molecule has 0 unspecified atom stereocenters. The highest BCUT2D eigenvalue weighted by Crippen LogP contribution is 2.26. The topological polar surface area (TPSA) is 99.4 Å². The Morgan fingerprint density at radius 3 is 2.50 bits per heavy atom. The number of rotatable bonds is 6. The van der Waals surface area contributed by atoms with Gasteiger partial charge in [0, 0.05) is 17.7 Å². The molecule has 0 aliphatic carbocycles. The smallest absolute Gasteiger partial charge is 0.387 e. The number of benzene rings is 2. The Morgan fingerprint density at radius 1 is 1.15 bits per heavy atom. The van der Waals surface area contributed by atoms with Crippen LogP contribution >= 0.6 is 0 Å². The lowest BCUT2D eigenvalue weighted by Gasteiger charge is -2.24. The number of alkyl halides is 2. The van der Waals surface area contributed by atoms with Crippen molar-refractivity contribution in [3.63, 3.8) is 0 Å². The normalized spacial score (nSPS) is 19.7. The summed E-state index contributed by atoms with van der Waals surface area (Å²) in [5.41, 5.74) is 0.328. The van der Waals surface area contributed by atoms with Crippen molar-refractivity contribution in [2.24, 2.45) is 0 Å². The van der Waals surface area contributed by atoms with E-state index in [9.17, 15) is 26.8 Å². The first-order valence-corrected chi connectivity index (χ1v) is 12.6. The van der Waals surface area contributed by atoms with Crippen molar-refractivity contribution in [3.05, 3.63) is 58.5 Å². The lowest BCUT2D eigenvalue weighted by atomic mass is 10.0. The highest BCUT2D eigenvalue weighted by atomic mass is 32.2. The standard InChI is InChI=1S/C23H25F2N3O5S/c1-14(2)27-19-11-15(20(29)26-23(3)9-10-34(31,32)13-23)7-8-18(19)28(22(27)30)16-5-4-6-17(12-16)33-21(24)25/h4-8,11-12,14,21H,9-10,13H2,1-3H3,(H,26,29)/t23-/m1/s1. The molecule has 0 saturated carbocycles. The average molecular weight is 494 g/mol. The molecule has 1 fully saturated rings. The van der Waals surface area contributed by atoms with Crippen molar-refractivity contribution in [2.75, 3.05) is 11.5 Å². The lowest BCUT2D eigenvalue weighted by molar-refractivity contribution is -0.0498. The van der Waals surface area contributed by atoms with Gasteiger partial charge in [0.1, 0.15) is 5.75 Å². The maximum Gasteiger partial charge on any atom is 0.387 e. The van der Waals surface area contributed by atoms with Gasteiger partial charge < -0.3 is 10.1 Å². The number of carbonyl (C=O) groups is 1. The van der Waals surface area contributed by atoms with E-state index in [0.717, 1.165) is 0 Å². The summed E-state index contributed by atoms with van der Waals surface area (Å²) < 4.78 is 56.4. The van der Waals surface area contributed by atoms with Crippen LogP contribution < -0.4 is 15.7 Å². The fourth-order valence-corrected chi connectivity index (χ4v) is 6.46. The number of halogens is 2. The molecule has 0 spiro atoms. The number of carbonyl (C=O) groups excluding carboxylic acids is 1. The van der Waals surface area contributed by atoms with E-state index < -0.39 is 33.6 Å². The Balaban J connectivity index is 1.77. The highest BCUT2D eigenvalue weighted by Gasteiger charge is 2.39. The van der Waals surface area contributed by atoms with Gasteiger partial charge in [-0.2, -0.15) is 8.78 Å². The summed E-state index contributed by atoms with van der Waals surface area (Å²) in [6.07, 6.45) is 0.327. The maximum atomic E-state index is 13.3. The number of nitrogens with zero attached hydrogens (tertiary/aromatic N) is 2. The van der Waals surface area contributed by atoms with Gasteiger partial charge >= 0.3 is 12.3 Å². The van der Waals surface area contributed by atoms with E-state index in [1.807, 2.05) is 13.8 Å². The van der Waals surface area contributed by atoms with Crippen molar-refractivity contribution in [1.82, 2.24) is 14.5 Å². The molecule has 182 valence electrons. The molecule has 2 heterocycles. The summed E-state index contributed by atoms with van der Waals surface area (Å²) in [4.78, 5) is 26.3. The van der Waals surface area contributed by atoms with Gasteiger partial charge in [-0.3, -0.25) is 13.9 Å². The molecular formula is C23H25F2N3O5S. The minimum atomic E-state index is -3.20. The van der Waals surface area contributed by atoms with Gasteiger partial charge in [0.2, 0.25) is 0 Å². The summed E-state index contributed by atoms with van der Waals surface area (Å²) in [5, 5.41) is 2.82. The van der Waals surface area contributed by atoms with Crippen molar-refractivity contribution in [3.8, 4) is 11.4 Å².